The van der Waals surface area contributed by atoms with E-state index in [0.717, 1.165) is 25.5 Å². The normalized spacial score (nSPS) is 10.7. The second-order valence-corrected chi connectivity index (χ2v) is 5.45. The summed E-state index contributed by atoms with van der Waals surface area (Å²) in [7, 11) is -2.77. The van der Waals surface area contributed by atoms with Crippen LogP contribution in [0.3, 0.4) is 0 Å². The van der Waals surface area contributed by atoms with Gasteiger partial charge in [0.2, 0.25) is 10.0 Å². The lowest BCUT2D eigenvalue weighted by molar-refractivity contribution is -0.383. The number of hydrogen-bond acceptors (Lipinski definition) is 7. The van der Waals surface area contributed by atoms with Crippen LogP contribution in [0.4, 0.5) is 11.4 Å². The number of esters is 1. The Morgan fingerprint density at radius 1 is 1.45 bits per heavy atom. The quantitative estimate of drug-likeness (QED) is 0.363. The van der Waals surface area contributed by atoms with Crippen molar-refractivity contribution >= 4 is 33.7 Å². The molecule has 9 nitrogen and oxygen atoms in total. The highest BCUT2D eigenvalue weighted by atomic mass is 32.2. The van der Waals surface area contributed by atoms with Crippen molar-refractivity contribution in [2.24, 2.45) is 0 Å². The monoisotopic (exact) mass is 302 g/mol. The maximum atomic E-state index is 11.4. The van der Waals surface area contributed by atoms with Gasteiger partial charge in [-0.2, -0.15) is 0 Å². The highest BCUT2D eigenvalue weighted by Crippen LogP contribution is 2.30. The first-order valence-corrected chi connectivity index (χ1v) is 6.92. The molecule has 0 aromatic heterocycles. The van der Waals surface area contributed by atoms with Gasteiger partial charge in [-0.05, 0) is 6.07 Å². The molecule has 0 saturated heterocycles. The van der Waals surface area contributed by atoms with Crippen molar-refractivity contribution in [3.63, 3.8) is 0 Å². The number of nitro benzene ring substituents is 1. The van der Waals surface area contributed by atoms with Crippen molar-refractivity contribution in [2.45, 2.75) is 0 Å². The van der Waals surface area contributed by atoms with Crippen molar-refractivity contribution in [1.82, 2.24) is 0 Å². The molecule has 0 heterocycles. The summed E-state index contributed by atoms with van der Waals surface area (Å²) in [5.74, 6) is -0.887. The van der Waals surface area contributed by atoms with Crippen LogP contribution >= 0.6 is 0 Å². The maximum Gasteiger partial charge on any atom is 0.338 e. The minimum atomic E-state index is -3.83. The summed E-state index contributed by atoms with van der Waals surface area (Å²) in [4.78, 5) is 32.3. The van der Waals surface area contributed by atoms with Crippen molar-refractivity contribution in [1.29, 1.82) is 0 Å². The fourth-order valence-corrected chi connectivity index (χ4v) is 2.01. The number of nitrogens with one attached hydrogen (secondary N) is 1. The number of ether oxygens (including phenoxy) is 1. The number of carbonyl (C=O) groups is 2. The van der Waals surface area contributed by atoms with Crippen molar-refractivity contribution in [3.8, 4) is 0 Å². The molecule has 0 aliphatic heterocycles. The lowest BCUT2D eigenvalue weighted by Gasteiger charge is -2.09. The zero-order chi connectivity index (χ0) is 15.5. The van der Waals surface area contributed by atoms with Crippen molar-refractivity contribution in [3.05, 3.63) is 33.4 Å². The molecule has 0 aliphatic rings. The fraction of sp³-hybridized carbons (Fsp3) is 0.200. The summed E-state index contributed by atoms with van der Waals surface area (Å²) in [6, 6.07) is 1.83. The minimum Gasteiger partial charge on any atom is -0.465 e. The first-order chi connectivity index (χ1) is 9.19. The van der Waals surface area contributed by atoms with E-state index in [1.54, 1.807) is 0 Å². The zero-order valence-corrected chi connectivity index (χ0v) is 11.3. The number of rotatable bonds is 5. The lowest BCUT2D eigenvalue weighted by atomic mass is 10.1. The number of carbonyl (C=O) groups excluding carboxylic acids is 2. The Balaban J connectivity index is 3.60. The Morgan fingerprint density at radius 2 is 2.05 bits per heavy atom. The van der Waals surface area contributed by atoms with Crippen LogP contribution in [0.15, 0.2) is 12.1 Å². The molecule has 0 saturated carbocycles. The van der Waals surface area contributed by atoms with Gasteiger partial charge in [-0.3, -0.25) is 19.6 Å². The Morgan fingerprint density at radius 3 is 2.45 bits per heavy atom. The standard InChI is InChI=1S/C10H10N2O7S/c1-19-10(14)6-3-7(5-13)9(11-20(2,17)18)8(4-6)12(15)16/h3-5,11H,1-2H3. The number of benzene rings is 1. The fourth-order valence-electron chi connectivity index (χ4n) is 1.42. The minimum absolute atomic E-state index is 0.201. The van der Waals surface area contributed by atoms with Gasteiger partial charge in [0.05, 0.1) is 23.9 Å². The summed E-state index contributed by atoms with van der Waals surface area (Å²) in [6.07, 6.45) is 0.979. The van der Waals surface area contributed by atoms with E-state index < -0.39 is 32.3 Å². The summed E-state index contributed by atoms with van der Waals surface area (Å²) < 4.78 is 28.6. The molecular formula is C10H10N2O7S. The van der Waals surface area contributed by atoms with Crippen LogP contribution in [0.2, 0.25) is 0 Å². The largest absolute Gasteiger partial charge is 0.465 e. The molecule has 1 rings (SSSR count). The maximum absolute atomic E-state index is 11.4. The van der Waals surface area contributed by atoms with Crippen LogP contribution < -0.4 is 4.72 Å². The molecule has 0 amide bonds. The van der Waals surface area contributed by atoms with E-state index in [-0.39, 0.29) is 17.4 Å². The molecule has 20 heavy (non-hydrogen) atoms. The van der Waals surface area contributed by atoms with Crippen LogP contribution in [-0.4, -0.2) is 39.0 Å². The SMILES string of the molecule is COC(=O)c1cc(C=O)c(NS(C)(=O)=O)c([N+](=O)[O-])c1. The average molecular weight is 302 g/mol. The smallest absolute Gasteiger partial charge is 0.338 e. The highest BCUT2D eigenvalue weighted by Gasteiger charge is 2.24. The van der Waals surface area contributed by atoms with Gasteiger partial charge < -0.3 is 4.74 Å². The molecule has 0 spiro atoms. The van der Waals surface area contributed by atoms with Gasteiger partial charge in [-0.25, -0.2) is 13.2 Å². The van der Waals surface area contributed by atoms with E-state index in [9.17, 15) is 28.1 Å². The molecule has 0 unspecified atom stereocenters. The number of nitrogens with zero attached hydrogens (tertiary/aromatic N) is 1. The number of sulfonamides is 1. The Labute approximate surface area is 113 Å². The topological polar surface area (TPSA) is 133 Å². The summed E-state index contributed by atoms with van der Waals surface area (Å²) in [5, 5.41) is 10.9. The third kappa shape index (κ3) is 3.51. The molecule has 1 aromatic rings. The molecule has 0 radical (unpaired) electrons. The third-order valence-corrected chi connectivity index (χ3v) is 2.76. The van der Waals surface area contributed by atoms with Gasteiger partial charge in [0.1, 0.15) is 5.69 Å². The molecule has 1 N–H and O–H groups in total. The zero-order valence-electron chi connectivity index (χ0n) is 10.4. The summed E-state index contributed by atoms with van der Waals surface area (Å²) >= 11 is 0. The number of aldehydes is 1. The second kappa shape index (κ2) is 5.65. The van der Waals surface area contributed by atoms with Gasteiger partial charge in [0.15, 0.2) is 6.29 Å². The third-order valence-electron chi connectivity index (χ3n) is 2.18. The van der Waals surface area contributed by atoms with E-state index in [2.05, 4.69) is 4.74 Å². The summed E-state index contributed by atoms with van der Waals surface area (Å²) in [5.41, 5.74) is -1.80. The molecule has 1 aromatic carbocycles. The van der Waals surface area contributed by atoms with Gasteiger partial charge >= 0.3 is 5.97 Å². The van der Waals surface area contributed by atoms with E-state index in [0.29, 0.717) is 0 Å². The van der Waals surface area contributed by atoms with Crippen molar-refractivity contribution in [2.75, 3.05) is 18.1 Å². The Kier molecular flexibility index (Phi) is 4.40. The molecular weight excluding hydrogens is 292 g/mol. The van der Waals surface area contributed by atoms with Crippen LogP contribution in [0, 0.1) is 10.1 Å². The molecule has 0 aliphatic carbocycles. The van der Waals surface area contributed by atoms with Crippen LogP contribution in [0.25, 0.3) is 0 Å². The molecule has 10 heteroatoms. The van der Waals surface area contributed by atoms with E-state index >= 15 is 0 Å². The summed E-state index contributed by atoms with van der Waals surface area (Å²) in [6.45, 7) is 0. The first-order valence-electron chi connectivity index (χ1n) is 5.03. The average Bonchev–Trinajstić information content (AvgIpc) is 2.35. The highest BCUT2D eigenvalue weighted by molar-refractivity contribution is 7.92. The molecule has 0 bridgehead atoms. The predicted molar refractivity (Wildman–Crippen MR) is 68.3 cm³/mol. The van der Waals surface area contributed by atoms with Crippen LogP contribution in [-0.2, 0) is 14.8 Å². The van der Waals surface area contributed by atoms with Gasteiger partial charge in [0.25, 0.3) is 5.69 Å². The van der Waals surface area contributed by atoms with Gasteiger partial charge in [-0.15, -0.1) is 0 Å². The lowest BCUT2D eigenvalue weighted by Crippen LogP contribution is -2.14. The number of methoxy groups -OCH3 is 1. The van der Waals surface area contributed by atoms with E-state index in [4.69, 9.17) is 0 Å². The first kappa shape index (κ1) is 15.6. The van der Waals surface area contributed by atoms with Gasteiger partial charge in [-0.1, -0.05) is 0 Å². The number of hydrogen-bond donors (Lipinski definition) is 1. The van der Waals surface area contributed by atoms with E-state index in [1.165, 1.54) is 0 Å². The Hall–Kier alpha value is -2.49. The van der Waals surface area contributed by atoms with Crippen LogP contribution in [0.1, 0.15) is 20.7 Å². The molecule has 0 fully saturated rings. The van der Waals surface area contributed by atoms with Gasteiger partial charge in [0, 0.05) is 11.6 Å². The van der Waals surface area contributed by atoms with Crippen molar-refractivity contribution < 1.29 is 27.7 Å². The second-order valence-electron chi connectivity index (χ2n) is 3.70. The molecule has 0 atom stereocenters. The number of nitro groups is 1. The van der Waals surface area contributed by atoms with E-state index in [1.807, 2.05) is 4.72 Å². The van der Waals surface area contributed by atoms with Crippen LogP contribution in [0.5, 0.6) is 0 Å². The Bertz CT molecular complexity index is 681. The number of anilines is 1. The molecule has 108 valence electrons. The predicted octanol–water partition coefficient (Wildman–Crippen LogP) is 0.565.